The second kappa shape index (κ2) is 6.93. The number of hydrogen-bond donors (Lipinski definition) is 1. The lowest BCUT2D eigenvalue weighted by Crippen LogP contribution is -2.47. The van der Waals surface area contributed by atoms with Crippen LogP contribution in [0, 0.1) is 0 Å². The molecule has 2 aromatic carbocycles. The van der Waals surface area contributed by atoms with Crippen LogP contribution in [0.5, 0.6) is 0 Å². The van der Waals surface area contributed by atoms with Crippen molar-refractivity contribution < 1.29 is 18.0 Å². The van der Waals surface area contributed by atoms with E-state index in [0.29, 0.717) is 5.56 Å². The zero-order valence-corrected chi connectivity index (χ0v) is 15.3. The van der Waals surface area contributed by atoms with Crippen LogP contribution in [0.3, 0.4) is 0 Å². The summed E-state index contributed by atoms with van der Waals surface area (Å²) >= 11 is 18.0. The number of halogens is 6. The summed E-state index contributed by atoms with van der Waals surface area (Å²) in [6, 6.07) is 8.30. The van der Waals surface area contributed by atoms with Crippen LogP contribution in [-0.4, -0.2) is 12.4 Å². The maximum absolute atomic E-state index is 14.3. The SMILES string of the molecule is NCc1c(Cl)cccc1C1C=NOC1(c1cc(Cl)cc(Cl)c1)C(F)(F)F. The van der Waals surface area contributed by atoms with Gasteiger partial charge in [-0.25, -0.2) is 0 Å². The van der Waals surface area contributed by atoms with Crippen LogP contribution in [0.15, 0.2) is 41.6 Å². The fourth-order valence-electron chi connectivity index (χ4n) is 3.11. The van der Waals surface area contributed by atoms with Gasteiger partial charge < -0.3 is 10.6 Å². The molecule has 9 heteroatoms. The minimum atomic E-state index is -4.82. The Morgan fingerprint density at radius 3 is 2.35 bits per heavy atom. The average Bonchev–Trinajstić information content (AvgIpc) is 2.99. The third-order valence-electron chi connectivity index (χ3n) is 4.25. The van der Waals surface area contributed by atoms with Gasteiger partial charge in [0.15, 0.2) is 0 Å². The molecule has 26 heavy (non-hydrogen) atoms. The molecule has 1 aliphatic heterocycles. The van der Waals surface area contributed by atoms with E-state index >= 15 is 0 Å². The minimum Gasteiger partial charge on any atom is -0.374 e. The Hall–Kier alpha value is -1.47. The van der Waals surface area contributed by atoms with E-state index in [2.05, 4.69) is 5.16 Å². The first-order valence-electron chi connectivity index (χ1n) is 7.43. The molecule has 2 aromatic rings. The van der Waals surface area contributed by atoms with E-state index in [1.54, 1.807) is 12.1 Å². The molecule has 0 saturated carbocycles. The van der Waals surface area contributed by atoms with Gasteiger partial charge in [0.2, 0.25) is 0 Å². The van der Waals surface area contributed by atoms with Crippen molar-refractivity contribution in [1.29, 1.82) is 0 Å². The summed E-state index contributed by atoms with van der Waals surface area (Å²) in [7, 11) is 0. The Labute approximate surface area is 162 Å². The molecule has 2 N–H and O–H groups in total. The molecule has 0 spiro atoms. The first-order chi connectivity index (χ1) is 12.2. The van der Waals surface area contributed by atoms with Gasteiger partial charge in [0.05, 0.1) is 12.1 Å². The van der Waals surface area contributed by atoms with Gasteiger partial charge in [-0.15, -0.1) is 0 Å². The van der Waals surface area contributed by atoms with Crippen molar-refractivity contribution in [1.82, 2.24) is 0 Å². The van der Waals surface area contributed by atoms with E-state index in [-0.39, 0.29) is 32.7 Å². The highest BCUT2D eigenvalue weighted by molar-refractivity contribution is 6.34. The summed E-state index contributed by atoms with van der Waals surface area (Å²) in [5, 5.41) is 3.86. The third-order valence-corrected chi connectivity index (χ3v) is 5.04. The number of oxime groups is 1. The Kier molecular flexibility index (Phi) is 5.14. The third kappa shape index (κ3) is 3.05. The van der Waals surface area contributed by atoms with Gasteiger partial charge in [-0.05, 0) is 35.4 Å². The number of nitrogens with zero attached hydrogens (tertiary/aromatic N) is 1. The van der Waals surface area contributed by atoms with E-state index in [1.807, 2.05) is 0 Å². The van der Waals surface area contributed by atoms with E-state index < -0.39 is 17.7 Å². The van der Waals surface area contributed by atoms with E-state index in [0.717, 1.165) is 18.3 Å². The van der Waals surface area contributed by atoms with Crippen molar-refractivity contribution in [3.8, 4) is 0 Å². The molecule has 3 nitrogen and oxygen atoms in total. The molecule has 0 fully saturated rings. The molecule has 2 atom stereocenters. The predicted octanol–water partition coefficient (Wildman–Crippen LogP) is 5.66. The van der Waals surface area contributed by atoms with E-state index in [4.69, 9.17) is 45.4 Å². The molecule has 1 aliphatic rings. The molecule has 3 rings (SSSR count). The summed E-state index contributed by atoms with van der Waals surface area (Å²) in [5.41, 5.74) is 3.32. The molecule has 0 aromatic heterocycles. The maximum atomic E-state index is 14.3. The molecule has 0 saturated heterocycles. The molecule has 1 heterocycles. The Bertz CT molecular complexity index is 853. The van der Waals surface area contributed by atoms with Crippen molar-refractivity contribution in [2.45, 2.75) is 24.2 Å². The van der Waals surface area contributed by atoms with Gasteiger partial charge in [-0.1, -0.05) is 52.1 Å². The van der Waals surface area contributed by atoms with Crippen LogP contribution < -0.4 is 5.73 Å². The standard InChI is InChI=1S/C17H12Cl3F3N2O/c18-10-4-9(5-11(19)6-10)16(17(21,22)23)14(8-25-26-16)12-2-1-3-15(20)13(12)7-24/h1-6,8,14H,7,24H2. The number of alkyl halides is 3. The van der Waals surface area contributed by atoms with Crippen molar-refractivity contribution >= 4 is 41.0 Å². The lowest BCUT2D eigenvalue weighted by Gasteiger charge is -2.35. The first kappa shape index (κ1) is 19.3. The van der Waals surface area contributed by atoms with E-state index in [1.165, 1.54) is 12.1 Å². The first-order valence-corrected chi connectivity index (χ1v) is 8.56. The molecule has 0 bridgehead atoms. The smallest absolute Gasteiger partial charge is 0.374 e. The van der Waals surface area contributed by atoms with Gasteiger partial charge in [0.25, 0.3) is 5.60 Å². The highest BCUT2D eigenvalue weighted by Crippen LogP contribution is 2.54. The van der Waals surface area contributed by atoms with Crippen LogP contribution in [-0.2, 0) is 17.0 Å². The lowest BCUT2D eigenvalue weighted by atomic mass is 9.76. The Morgan fingerprint density at radius 2 is 1.77 bits per heavy atom. The van der Waals surface area contributed by atoms with Crippen LogP contribution in [0.1, 0.15) is 22.6 Å². The van der Waals surface area contributed by atoms with Crippen LogP contribution >= 0.6 is 34.8 Å². The number of benzene rings is 2. The fourth-order valence-corrected chi connectivity index (χ4v) is 3.89. The Balaban J connectivity index is 2.28. The molecule has 0 radical (unpaired) electrons. The zero-order valence-electron chi connectivity index (χ0n) is 13.0. The molecule has 0 amide bonds. The van der Waals surface area contributed by atoms with Crippen molar-refractivity contribution in [2.24, 2.45) is 10.9 Å². The average molecular weight is 424 g/mol. The molecule has 0 aliphatic carbocycles. The fraction of sp³-hybridized carbons (Fsp3) is 0.235. The van der Waals surface area contributed by atoms with Gasteiger partial charge in [-0.3, -0.25) is 0 Å². The van der Waals surface area contributed by atoms with Gasteiger partial charge in [0, 0.05) is 27.2 Å². The second-order valence-electron chi connectivity index (χ2n) is 5.73. The zero-order chi connectivity index (χ0) is 19.1. The summed E-state index contributed by atoms with van der Waals surface area (Å²) in [6.07, 6.45) is -3.73. The molecule has 138 valence electrons. The second-order valence-corrected chi connectivity index (χ2v) is 7.01. The van der Waals surface area contributed by atoms with Crippen molar-refractivity contribution in [3.63, 3.8) is 0 Å². The Morgan fingerprint density at radius 1 is 1.12 bits per heavy atom. The lowest BCUT2D eigenvalue weighted by molar-refractivity contribution is -0.281. The highest BCUT2D eigenvalue weighted by Gasteiger charge is 2.66. The topological polar surface area (TPSA) is 47.6 Å². The maximum Gasteiger partial charge on any atom is 0.436 e. The van der Waals surface area contributed by atoms with Crippen LogP contribution in [0.4, 0.5) is 13.2 Å². The minimum absolute atomic E-state index is 0.0381. The number of hydrogen-bond acceptors (Lipinski definition) is 3. The van der Waals surface area contributed by atoms with Crippen molar-refractivity contribution in [3.05, 3.63) is 68.2 Å². The molecular formula is C17H12Cl3F3N2O. The largest absolute Gasteiger partial charge is 0.436 e. The summed E-state index contributed by atoms with van der Waals surface area (Å²) in [4.78, 5) is 4.95. The monoisotopic (exact) mass is 422 g/mol. The summed E-state index contributed by atoms with van der Waals surface area (Å²) in [6.45, 7) is -0.0381. The van der Waals surface area contributed by atoms with Gasteiger partial charge in [0.1, 0.15) is 0 Å². The molecule has 2 unspecified atom stereocenters. The summed E-state index contributed by atoms with van der Waals surface area (Å²) < 4.78 is 42.8. The normalized spacial score (nSPS) is 22.5. The highest BCUT2D eigenvalue weighted by atomic mass is 35.5. The number of nitrogens with two attached hydrogens (primary N) is 1. The van der Waals surface area contributed by atoms with Gasteiger partial charge in [-0.2, -0.15) is 13.2 Å². The quantitative estimate of drug-likeness (QED) is 0.692. The van der Waals surface area contributed by atoms with E-state index in [9.17, 15) is 13.2 Å². The van der Waals surface area contributed by atoms with Crippen molar-refractivity contribution in [2.75, 3.05) is 0 Å². The van der Waals surface area contributed by atoms with Gasteiger partial charge >= 0.3 is 6.18 Å². The number of rotatable bonds is 3. The predicted molar refractivity (Wildman–Crippen MR) is 95.9 cm³/mol. The van der Waals surface area contributed by atoms with Crippen LogP contribution in [0.25, 0.3) is 0 Å². The molecular weight excluding hydrogens is 412 g/mol. The summed E-state index contributed by atoms with van der Waals surface area (Å²) in [5.74, 6) is -1.31. The van der Waals surface area contributed by atoms with Crippen LogP contribution in [0.2, 0.25) is 15.1 Å².